The third-order valence-electron chi connectivity index (χ3n) is 9.37. The van der Waals surface area contributed by atoms with Crippen LogP contribution in [-0.4, -0.2) is 34.9 Å². The van der Waals surface area contributed by atoms with Crippen LogP contribution in [0.2, 0.25) is 0 Å². The molecule has 7 unspecified atom stereocenters. The minimum Gasteiger partial charge on any atom is -0.393 e. The first-order valence-electron chi connectivity index (χ1n) is 12.6. The number of aliphatic hydroxyl groups is 2. The molecule has 190 valence electrons. The predicted octanol–water partition coefficient (Wildman–Crippen LogP) is 5.05. The summed E-state index contributed by atoms with van der Waals surface area (Å²) < 4.78 is 35.9. The van der Waals surface area contributed by atoms with Gasteiger partial charge in [-0.15, -0.1) is 0 Å². The number of hydrogen-bond acceptors (Lipinski definition) is 5. The Labute approximate surface area is 204 Å². The van der Waals surface area contributed by atoms with Crippen LogP contribution >= 0.6 is 0 Å². The van der Waals surface area contributed by atoms with Crippen molar-refractivity contribution in [3.05, 3.63) is 41.5 Å². The number of allylic oxidation sites excluding steroid dienone is 1. The van der Waals surface area contributed by atoms with Gasteiger partial charge >= 0.3 is 10.4 Å². The molecule has 3 N–H and O–H groups in total. The second kappa shape index (κ2) is 8.91. The van der Waals surface area contributed by atoms with Crippen LogP contribution in [-0.2, 0) is 16.8 Å². The molecule has 0 heterocycles. The summed E-state index contributed by atoms with van der Waals surface area (Å²) in [6.45, 7) is 12.6. The highest BCUT2D eigenvalue weighted by Crippen LogP contribution is 2.65. The SMILES string of the molecule is C=C(CCC(C)(O)C1C(O)CC2C3CCc4cc(OS(=O)(=O)O)ccc4C3CCC21C)C(C)C. The van der Waals surface area contributed by atoms with Crippen LogP contribution in [0.15, 0.2) is 30.4 Å². The standard InChI is InChI=1S/C27H40O6S/c1-16(2)17(3)10-13-27(5,29)25-24(28)15-23-22-8-6-18-14-19(33-34(30,31)32)7-9-20(18)21(22)11-12-26(23,25)4/h7,9,14,16,21-25,28-29H,3,6,8,10-13,15H2,1-2,4-5H3,(H,30,31,32). The van der Waals surface area contributed by atoms with Crippen molar-refractivity contribution in [2.45, 2.75) is 90.3 Å². The molecular weight excluding hydrogens is 452 g/mol. The lowest BCUT2D eigenvalue weighted by atomic mass is 9.52. The van der Waals surface area contributed by atoms with Gasteiger partial charge in [-0.05, 0) is 104 Å². The summed E-state index contributed by atoms with van der Waals surface area (Å²) in [6.07, 6.45) is 5.23. The average molecular weight is 493 g/mol. The van der Waals surface area contributed by atoms with Gasteiger partial charge in [-0.3, -0.25) is 4.55 Å². The van der Waals surface area contributed by atoms with Gasteiger partial charge in [0.2, 0.25) is 0 Å². The summed E-state index contributed by atoms with van der Waals surface area (Å²) in [5.74, 6) is 1.44. The highest BCUT2D eigenvalue weighted by atomic mass is 32.3. The Balaban J connectivity index is 1.56. The Morgan fingerprint density at radius 3 is 2.68 bits per heavy atom. The minimum atomic E-state index is -4.55. The average Bonchev–Trinajstić information content (AvgIpc) is 3.01. The minimum absolute atomic E-state index is 0.130. The van der Waals surface area contributed by atoms with E-state index in [0.717, 1.165) is 43.2 Å². The van der Waals surface area contributed by atoms with Gasteiger partial charge < -0.3 is 14.4 Å². The molecule has 0 aliphatic heterocycles. The lowest BCUT2D eigenvalue weighted by Gasteiger charge is -2.53. The van der Waals surface area contributed by atoms with E-state index in [-0.39, 0.29) is 17.1 Å². The normalized spacial score (nSPS) is 34.6. The first kappa shape index (κ1) is 25.7. The maximum Gasteiger partial charge on any atom is 0.446 e. The van der Waals surface area contributed by atoms with Crippen LogP contribution in [0, 0.1) is 29.1 Å². The van der Waals surface area contributed by atoms with Gasteiger partial charge in [-0.2, -0.15) is 8.42 Å². The van der Waals surface area contributed by atoms with Gasteiger partial charge in [-0.25, -0.2) is 0 Å². The van der Waals surface area contributed by atoms with Crippen molar-refractivity contribution in [2.75, 3.05) is 0 Å². The smallest absolute Gasteiger partial charge is 0.393 e. The van der Waals surface area contributed by atoms with E-state index < -0.39 is 22.1 Å². The fourth-order valence-electron chi connectivity index (χ4n) is 7.73. The summed E-state index contributed by atoms with van der Waals surface area (Å²) >= 11 is 0. The molecule has 0 amide bonds. The summed E-state index contributed by atoms with van der Waals surface area (Å²) in [5.41, 5.74) is 2.34. The van der Waals surface area contributed by atoms with E-state index in [0.29, 0.717) is 36.5 Å². The molecule has 0 aromatic heterocycles. The highest BCUT2D eigenvalue weighted by molar-refractivity contribution is 7.81. The third kappa shape index (κ3) is 4.69. The molecule has 0 radical (unpaired) electrons. The van der Waals surface area contributed by atoms with Gasteiger partial charge in [0, 0.05) is 5.92 Å². The molecule has 34 heavy (non-hydrogen) atoms. The van der Waals surface area contributed by atoms with E-state index in [4.69, 9.17) is 4.55 Å². The first-order valence-corrected chi connectivity index (χ1v) is 14.0. The monoisotopic (exact) mass is 492 g/mol. The topological polar surface area (TPSA) is 104 Å². The van der Waals surface area contributed by atoms with Gasteiger partial charge in [0.25, 0.3) is 0 Å². The second-order valence-electron chi connectivity index (χ2n) is 11.8. The van der Waals surface area contributed by atoms with Crippen LogP contribution in [0.4, 0.5) is 0 Å². The van der Waals surface area contributed by atoms with Crippen molar-refractivity contribution in [3.63, 3.8) is 0 Å². The Hall–Kier alpha value is -1.41. The van der Waals surface area contributed by atoms with Gasteiger partial charge in [-0.1, -0.05) is 39.0 Å². The van der Waals surface area contributed by atoms with E-state index in [1.807, 2.05) is 13.0 Å². The molecule has 2 fully saturated rings. The fourth-order valence-corrected chi connectivity index (χ4v) is 8.08. The molecule has 6 nitrogen and oxygen atoms in total. The molecule has 4 rings (SSSR count). The highest BCUT2D eigenvalue weighted by Gasteiger charge is 2.62. The molecule has 0 saturated heterocycles. The Morgan fingerprint density at radius 1 is 1.32 bits per heavy atom. The van der Waals surface area contributed by atoms with Crippen LogP contribution in [0.3, 0.4) is 0 Å². The van der Waals surface area contributed by atoms with Crippen LogP contribution < -0.4 is 4.18 Å². The predicted molar refractivity (Wildman–Crippen MR) is 132 cm³/mol. The van der Waals surface area contributed by atoms with Crippen molar-refractivity contribution < 1.29 is 27.4 Å². The number of hydrogen-bond donors (Lipinski definition) is 3. The molecular formula is C27H40O6S. The summed E-state index contributed by atoms with van der Waals surface area (Å²) in [7, 11) is -4.55. The van der Waals surface area contributed by atoms with E-state index in [1.165, 1.54) is 5.56 Å². The molecule has 1 aromatic rings. The van der Waals surface area contributed by atoms with Crippen molar-refractivity contribution in [3.8, 4) is 5.75 Å². The summed E-state index contributed by atoms with van der Waals surface area (Å²) in [5, 5.41) is 22.9. The van der Waals surface area contributed by atoms with Crippen LogP contribution in [0.1, 0.15) is 83.3 Å². The second-order valence-corrected chi connectivity index (χ2v) is 12.8. The molecule has 2 saturated carbocycles. The number of fused-ring (bicyclic) bond motifs is 5. The van der Waals surface area contributed by atoms with Crippen LogP contribution in [0.5, 0.6) is 5.75 Å². The van der Waals surface area contributed by atoms with E-state index >= 15 is 0 Å². The third-order valence-corrected chi connectivity index (χ3v) is 9.77. The summed E-state index contributed by atoms with van der Waals surface area (Å²) in [6, 6.07) is 5.28. The zero-order valence-electron chi connectivity index (χ0n) is 20.8. The molecule has 0 spiro atoms. The van der Waals surface area contributed by atoms with Gasteiger partial charge in [0.15, 0.2) is 0 Å². The van der Waals surface area contributed by atoms with Crippen molar-refractivity contribution >= 4 is 10.4 Å². The zero-order valence-corrected chi connectivity index (χ0v) is 21.6. The van der Waals surface area contributed by atoms with Crippen molar-refractivity contribution in [1.29, 1.82) is 0 Å². The maximum atomic E-state index is 11.6. The largest absolute Gasteiger partial charge is 0.446 e. The molecule has 0 bridgehead atoms. The fraction of sp³-hybridized carbons (Fsp3) is 0.704. The van der Waals surface area contributed by atoms with E-state index in [1.54, 1.807) is 12.1 Å². The van der Waals surface area contributed by atoms with Crippen molar-refractivity contribution in [1.82, 2.24) is 0 Å². The lowest BCUT2D eigenvalue weighted by Crippen LogP contribution is -2.50. The van der Waals surface area contributed by atoms with E-state index in [9.17, 15) is 18.6 Å². The number of aryl methyl sites for hydroxylation is 1. The number of rotatable bonds is 7. The molecule has 3 aliphatic carbocycles. The van der Waals surface area contributed by atoms with Crippen LogP contribution in [0.25, 0.3) is 0 Å². The Morgan fingerprint density at radius 2 is 2.03 bits per heavy atom. The lowest BCUT2D eigenvalue weighted by molar-refractivity contribution is -0.110. The molecule has 1 aromatic carbocycles. The quantitative estimate of drug-likeness (QED) is 0.363. The first-order chi connectivity index (χ1) is 15.7. The molecule has 3 aliphatic rings. The van der Waals surface area contributed by atoms with Gasteiger partial charge in [0.05, 0.1) is 11.7 Å². The molecule has 7 atom stereocenters. The summed E-state index contributed by atoms with van der Waals surface area (Å²) in [4.78, 5) is 0. The number of benzene rings is 1. The van der Waals surface area contributed by atoms with Gasteiger partial charge in [0.1, 0.15) is 5.75 Å². The Kier molecular flexibility index (Phi) is 6.73. The van der Waals surface area contributed by atoms with Crippen molar-refractivity contribution in [2.24, 2.45) is 29.1 Å². The Bertz CT molecular complexity index is 1050. The zero-order chi connectivity index (χ0) is 25.1. The molecule has 7 heteroatoms. The number of aliphatic hydroxyl groups excluding tert-OH is 1. The van der Waals surface area contributed by atoms with E-state index in [2.05, 4.69) is 31.5 Å². The maximum absolute atomic E-state index is 11.6.